The van der Waals surface area contributed by atoms with E-state index in [-0.39, 0.29) is 0 Å². The lowest BCUT2D eigenvalue weighted by atomic mass is 10.3. The molecule has 1 aromatic heterocycles. The van der Waals surface area contributed by atoms with Gasteiger partial charge in [0.1, 0.15) is 5.82 Å². The summed E-state index contributed by atoms with van der Waals surface area (Å²) in [7, 11) is 0. The van der Waals surface area contributed by atoms with Crippen LogP contribution in [0.4, 0.5) is 5.13 Å². The molecule has 0 spiro atoms. The third-order valence-corrected chi connectivity index (χ3v) is 3.57. The van der Waals surface area contributed by atoms with E-state index in [1.54, 1.807) is 0 Å². The van der Waals surface area contributed by atoms with Crippen LogP contribution in [0.15, 0.2) is 0 Å². The minimum atomic E-state index is 0.853. The molecule has 96 valence electrons. The number of unbranched alkanes of at least 4 members (excludes halogenated alkanes) is 1. The molecule has 0 amide bonds. The number of anilines is 1. The van der Waals surface area contributed by atoms with Crippen molar-refractivity contribution < 1.29 is 4.74 Å². The number of aryl methyl sites for hydroxylation is 1. The number of hydrogen-bond acceptors (Lipinski definition) is 6. The molecule has 0 saturated carbocycles. The molecular formula is C11H20N4OS. The molecule has 0 radical (unpaired) electrons. The van der Waals surface area contributed by atoms with E-state index in [0.29, 0.717) is 0 Å². The molecule has 2 rings (SSSR count). The van der Waals surface area contributed by atoms with Crippen molar-refractivity contribution in [3.63, 3.8) is 0 Å². The minimum absolute atomic E-state index is 0.853. The van der Waals surface area contributed by atoms with Crippen LogP contribution in [0.5, 0.6) is 0 Å². The summed E-state index contributed by atoms with van der Waals surface area (Å²) in [5.74, 6) is 0.853. The van der Waals surface area contributed by atoms with E-state index in [0.717, 1.165) is 43.8 Å². The van der Waals surface area contributed by atoms with Crippen LogP contribution >= 0.6 is 11.5 Å². The number of nitrogens with zero attached hydrogens (tertiary/aromatic N) is 3. The van der Waals surface area contributed by atoms with Crippen LogP contribution in [-0.4, -0.2) is 53.7 Å². The molecule has 5 nitrogen and oxygen atoms in total. The van der Waals surface area contributed by atoms with E-state index < -0.39 is 0 Å². The van der Waals surface area contributed by atoms with Gasteiger partial charge in [-0.25, -0.2) is 4.98 Å². The summed E-state index contributed by atoms with van der Waals surface area (Å²) in [6.07, 6.45) is 2.40. The fraction of sp³-hybridized carbons (Fsp3) is 0.818. The number of aromatic nitrogens is 2. The molecule has 0 bridgehead atoms. The Bertz CT molecular complexity index is 325. The largest absolute Gasteiger partial charge is 0.379 e. The summed E-state index contributed by atoms with van der Waals surface area (Å²) < 4.78 is 9.45. The molecule has 0 atom stereocenters. The summed E-state index contributed by atoms with van der Waals surface area (Å²) in [6, 6.07) is 0. The highest BCUT2D eigenvalue weighted by atomic mass is 32.1. The maximum absolute atomic E-state index is 5.32. The molecule has 6 heteroatoms. The lowest BCUT2D eigenvalue weighted by Crippen LogP contribution is -2.36. The average Bonchev–Trinajstić information content (AvgIpc) is 2.76. The number of hydrogen-bond donors (Lipinski definition) is 1. The summed E-state index contributed by atoms with van der Waals surface area (Å²) in [5, 5.41) is 4.24. The SMILES string of the molecule is Cc1nsc(NCCCCN2CCOCC2)n1. The minimum Gasteiger partial charge on any atom is -0.379 e. The molecule has 1 saturated heterocycles. The third kappa shape index (κ3) is 4.57. The van der Waals surface area contributed by atoms with Crippen molar-refractivity contribution in [2.24, 2.45) is 0 Å². The van der Waals surface area contributed by atoms with Gasteiger partial charge in [0, 0.05) is 31.2 Å². The topological polar surface area (TPSA) is 50.3 Å². The van der Waals surface area contributed by atoms with Crippen LogP contribution in [0.1, 0.15) is 18.7 Å². The van der Waals surface area contributed by atoms with Gasteiger partial charge in [-0.3, -0.25) is 4.90 Å². The van der Waals surface area contributed by atoms with Gasteiger partial charge in [-0.15, -0.1) is 0 Å². The van der Waals surface area contributed by atoms with Gasteiger partial charge in [0.25, 0.3) is 0 Å². The molecule has 2 heterocycles. The van der Waals surface area contributed by atoms with E-state index in [4.69, 9.17) is 4.74 Å². The van der Waals surface area contributed by atoms with E-state index in [1.807, 2.05) is 6.92 Å². The van der Waals surface area contributed by atoms with Gasteiger partial charge in [0.05, 0.1) is 13.2 Å². The number of ether oxygens (including phenoxy) is 1. The molecule has 1 aliphatic rings. The van der Waals surface area contributed by atoms with E-state index in [2.05, 4.69) is 19.6 Å². The Morgan fingerprint density at radius 2 is 2.18 bits per heavy atom. The van der Waals surface area contributed by atoms with Crippen LogP contribution in [0.2, 0.25) is 0 Å². The summed E-state index contributed by atoms with van der Waals surface area (Å²) in [6.45, 7) is 8.04. The first-order valence-electron chi connectivity index (χ1n) is 6.19. The Hall–Kier alpha value is -0.720. The first-order chi connectivity index (χ1) is 8.34. The normalized spacial score (nSPS) is 17.2. The predicted molar refractivity (Wildman–Crippen MR) is 69.6 cm³/mol. The second kappa shape index (κ2) is 6.88. The predicted octanol–water partition coefficient (Wildman–Crippen LogP) is 1.37. The molecule has 1 fully saturated rings. The van der Waals surface area contributed by atoms with Crippen LogP contribution in [-0.2, 0) is 4.74 Å². The standard InChI is InChI=1S/C11H20N4OS/c1-10-13-11(17-14-10)12-4-2-3-5-15-6-8-16-9-7-15/h2-9H2,1H3,(H,12,13,14). The Kier molecular flexibility index (Phi) is 5.15. The van der Waals surface area contributed by atoms with Crippen molar-refractivity contribution in [3.05, 3.63) is 5.82 Å². The lowest BCUT2D eigenvalue weighted by molar-refractivity contribution is 0.0373. The summed E-state index contributed by atoms with van der Waals surface area (Å²) in [4.78, 5) is 6.74. The van der Waals surface area contributed by atoms with Gasteiger partial charge in [-0.1, -0.05) is 0 Å². The number of morpholine rings is 1. The van der Waals surface area contributed by atoms with Gasteiger partial charge in [0.2, 0.25) is 5.13 Å². The molecule has 0 unspecified atom stereocenters. The molecule has 1 aromatic rings. The average molecular weight is 256 g/mol. The Morgan fingerprint density at radius 3 is 2.88 bits per heavy atom. The smallest absolute Gasteiger partial charge is 0.202 e. The fourth-order valence-electron chi connectivity index (χ4n) is 1.85. The van der Waals surface area contributed by atoms with Crippen molar-refractivity contribution in [1.82, 2.24) is 14.3 Å². The maximum Gasteiger partial charge on any atom is 0.202 e. The highest BCUT2D eigenvalue weighted by molar-refractivity contribution is 7.09. The summed E-state index contributed by atoms with van der Waals surface area (Å²) >= 11 is 1.44. The van der Waals surface area contributed by atoms with Crippen LogP contribution in [0.3, 0.4) is 0 Å². The van der Waals surface area contributed by atoms with Gasteiger partial charge in [0.15, 0.2) is 0 Å². The zero-order valence-corrected chi connectivity index (χ0v) is 11.1. The van der Waals surface area contributed by atoms with Crippen molar-refractivity contribution in [3.8, 4) is 0 Å². The van der Waals surface area contributed by atoms with Gasteiger partial charge < -0.3 is 10.1 Å². The Balaban J connectivity index is 1.51. The highest BCUT2D eigenvalue weighted by Gasteiger charge is 2.08. The van der Waals surface area contributed by atoms with Crippen molar-refractivity contribution in [2.45, 2.75) is 19.8 Å². The second-order valence-corrected chi connectivity index (χ2v) is 4.99. The molecule has 0 aliphatic carbocycles. The molecule has 17 heavy (non-hydrogen) atoms. The van der Waals surface area contributed by atoms with E-state index in [1.165, 1.54) is 30.9 Å². The third-order valence-electron chi connectivity index (χ3n) is 2.81. The number of rotatable bonds is 6. The fourth-order valence-corrected chi connectivity index (χ4v) is 2.45. The van der Waals surface area contributed by atoms with E-state index in [9.17, 15) is 0 Å². The zero-order valence-electron chi connectivity index (χ0n) is 10.3. The Morgan fingerprint density at radius 1 is 1.35 bits per heavy atom. The first kappa shape index (κ1) is 12.7. The molecular weight excluding hydrogens is 236 g/mol. The quantitative estimate of drug-likeness (QED) is 0.779. The van der Waals surface area contributed by atoms with Crippen LogP contribution in [0.25, 0.3) is 0 Å². The number of nitrogens with one attached hydrogen (secondary N) is 1. The monoisotopic (exact) mass is 256 g/mol. The van der Waals surface area contributed by atoms with Gasteiger partial charge in [-0.05, 0) is 26.3 Å². The highest BCUT2D eigenvalue weighted by Crippen LogP contribution is 2.10. The van der Waals surface area contributed by atoms with Crippen molar-refractivity contribution >= 4 is 16.7 Å². The van der Waals surface area contributed by atoms with Crippen LogP contribution < -0.4 is 5.32 Å². The van der Waals surface area contributed by atoms with Gasteiger partial charge >= 0.3 is 0 Å². The first-order valence-corrected chi connectivity index (χ1v) is 6.96. The molecule has 1 N–H and O–H groups in total. The second-order valence-electron chi connectivity index (χ2n) is 4.23. The van der Waals surface area contributed by atoms with E-state index >= 15 is 0 Å². The Labute approximate surface area is 106 Å². The maximum atomic E-state index is 5.32. The van der Waals surface area contributed by atoms with Crippen molar-refractivity contribution in [2.75, 3.05) is 44.7 Å². The zero-order chi connectivity index (χ0) is 11.9. The summed E-state index contributed by atoms with van der Waals surface area (Å²) in [5.41, 5.74) is 0. The van der Waals surface area contributed by atoms with Crippen LogP contribution in [0, 0.1) is 6.92 Å². The lowest BCUT2D eigenvalue weighted by Gasteiger charge is -2.26. The molecule has 0 aromatic carbocycles. The molecule has 1 aliphatic heterocycles. The van der Waals surface area contributed by atoms with Crippen molar-refractivity contribution in [1.29, 1.82) is 0 Å². The van der Waals surface area contributed by atoms with Gasteiger partial charge in [-0.2, -0.15) is 4.37 Å².